The molecule has 0 aliphatic rings. The van der Waals surface area contributed by atoms with Gasteiger partial charge in [-0.1, -0.05) is 19.9 Å². The van der Waals surface area contributed by atoms with Crippen molar-refractivity contribution in [1.29, 1.82) is 0 Å². The van der Waals surface area contributed by atoms with E-state index in [1.165, 1.54) is 18.5 Å². The number of aromatic nitrogens is 4. The van der Waals surface area contributed by atoms with Crippen molar-refractivity contribution >= 4 is 16.9 Å². The van der Waals surface area contributed by atoms with Gasteiger partial charge in [-0.05, 0) is 48.7 Å². The van der Waals surface area contributed by atoms with E-state index in [1.54, 1.807) is 12.3 Å². The number of nitrogen functional groups attached to an aromatic ring is 1. The molecule has 0 fully saturated rings. The molecule has 2 aromatic carbocycles. The molecule has 0 amide bonds. The second-order valence-electron chi connectivity index (χ2n) is 8.88. The molecule has 0 saturated carbocycles. The van der Waals surface area contributed by atoms with Crippen LogP contribution < -0.4 is 15.2 Å². The lowest BCUT2D eigenvalue weighted by molar-refractivity contribution is 0.302. The van der Waals surface area contributed by atoms with Crippen molar-refractivity contribution in [3.8, 4) is 22.9 Å². The van der Waals surface area contributed by atoms with E-state index in [9.17, 15) is 4.39 Å². The molecule has 0 radical (unpaired) electrons. The zero-order valence-electron chi connectivity index (χ0n) is 20.3. The number of rotatable bonds is 7. The highest BCUT2D eigenvalue weighted by Crippen LogP contribution is 2.32. The Labute approximate surface area is 208 Å². The van der Waals surface area contributed by atoms with Crippen molar-refractivity contribution in [1.82, 2.24) is 19.5 Å². The van der Waals surface area contributed by atoms with Gasteiger partial charge in [0.1, 0.15) is 41.5 Å². The van der Waals surface area contributed by atoms with Crippen LogP contribution in [0.2, 0.25) is 0 Å². The minimum absolute atomic E-state index is 0.275. The number of hydrogen-bond donors (Lipinski definition) is 1. The van der Waals surface area contributed by atoms with E-state index >= 15 is 0 Å². The maximum atomic E-state index is 14.2. The maximum Gasteiger partial charge on any atom is 0.151 e. The van der Waals surface area contributed by atoms with Gasteiger partial charge in [0.05, 0.1) is 5.52 Å². The number of hydrogen-bond acceptors (Lipinski definition) is 6. The molecule has 0 aliphatic heterocycles. The third-order valence-electron chi connectivity index (χ3n) is 5.83. The summed E-state index contributed by atoms with van der Waals surface area (Å²) in [4.78, 5) is 12.9. The smallest absolute Gasteiger partial charge is 0.151 e. The molecule has 3 heterocycles. The Hall–Kier alpha value is -4.46. The summed E-state index contributed by atoms with van der Waals surface area (Å²) in [6.07, 6.45) is 5.26. The Bertz CT molecular complexity index is 1510. The van der Waals surface area contributed by atoms with Crippen molar-refractivity contribution < 1.29 is 13.9 Å². The van der Waals surface area contributed by atoms with Crippen LogP contribution in [-0.2, 0) is 6.61 Å². The normalized spacial score (nSPS) is 11.2. The molecule has 0 unspecified atom stereocenters. The Morgan fingerprint density at radius 2 is 1.72 bits per heavy atom. The van der Waals surface area contributed by atoms with Crippen molar-refractivity contribution in [3.63, 3.8) is 0 Å². The molecule has 7 nitrogen and oxygen atoms in total. The molecular formula is C28H26FN5O2. The number of halogens is 1. The Kier molecular flexibility index (Phi) is 6.25. The quantitative estimate of drug-likeness (QED) is 0.291. The summed E-state index contributed by atoms with van der Waals surface area (Å²) in [5.41, 5.74) is 11.6. The van der Waals surface area contributed by atoms with E-state index in [0.717, 1.165) is 33.5 Å². The SMILES string of the molecule is Cc1ccc(COc2cc(F)cc(Oc3ccc(-n4cc(C(C)C)c5ncnc(N)c54)cc3)c2)cn1. The van der Waals surface area contributed by atoms with Gasteiger partial charge >= 0.3 is 0 Å². The number of nitrogens with two attached hydrogens (primary N) is 1. The zero-order valence-corrected chi connectivity index (χ0v) is 20.3. The summed E-state index contributed by atoms with van der Waals surface area (Å²) in [7, 11) is 0. The van der Waals surface area contributed by atoms with Gasteiger partial charge in [0.15, 0.2) is 5.82 Å². The van der Waals surface area contributed by atoms with Gasteiger partial charge < -0.3 is 19.8 Å². The molecule has 182 valence electrons. The fraction of sp³-hybridized carbons (Fsp3) is 0.179. The first-order valence-corrected chi connectivity index (χ1v) is 11.6. The van der Waals surface area contributed by atoms with Crippen LogP contribution in [0.25, 0.3) is 16.7 Å². The molecule has 0 bridgehead atoms. The van der Waals surface area contributed by atoms with Crippen LogP contribution in [0.5, 0.6) is 17.2 Å². The van der Waals surface area contributed by atoms with E-state index in [1.807, 2.05) is 54.1 Å². The van der Waals surface area contributed by atoms with Crippen LogP contribution in [0, 0.1) is 12.7 Å². The zero-order chi connectivity index (χ0) is 25.2. The van der Waals surface area contributed by atoms with Crippen LogP contribution in [0.1, 0.15) is 36.6 Å². The standard InChI is InChI=1S/C28H26FN5O2/c1-17(2)25-14-34(27-26(25)32-16-33-28(27)30)21-6-8-22(9-7-21)36-24-11-20(29)10-23(12-24)35-15-19-5-4-18(3)31-13-19/h4-14,16-17H,15H2,1-3H3,(H2,30,32,33). The van der Waals surface area contributed by atoms with Crippen molar-refractivity contribution in [2.75, 3.05) is 5.73 Å². The van der Waals surface area contributed by atoms with Gasteiger partial charge in [0, 0.05) is 47.5 Å². The Balaban J connectivity index is 1.36. The minimum atomic E-state index is -0.448. The summed E-state index contributed by atoms with van der Waals surface area (Å²) in [6.45, 7) is 6.42. The van der Waals surface area contributed by atoms with Crippen LogP contribution >= 0.6 is 0 Å². The number of ether oxygens (including phenoxy) is 2. The van der Waals surface area contributed by atoms with E-state index in [-0.39, 0.29) is 12.5 Å². The maximum absolute atomic E-state index is 14.2. The van der Waals surface area contributed by atoms with E-state index in [0.29, 0.717) is 23.1 Å². The minimum Gasteiger partial charge on any atom is -0.489 e. The molecule has 0 atom stereocenters. The molecule has 2 N–H and O–H groups in total. The molecule has 0 saturated heterocycles. The third kappa shape index (κ3) is 4.84. The van der Waals surface area contributed by atoms with E-state index < -0.39 is 5.82 Å². The average molecular weight is 484 g/mol. The second-order valence-corrected chi connectivity index (χ2v) is 8.88. The summed E-state index contributed by atoms with van der Waals surface area (Å²) < 4.78 is 27.9. The number of nitrogens with zero attached hydrogens (tertiary/aromatic N) is 4. The first-order valence-electron chi connectivity index (χ1n) is 11.6. The van der Waals surface area contributed by atoms with Crippen LogP contribution in [0.3, 0.4) is 0 Å². The predicted octanol–water partition coefficient (Wildman–Crippen LogP) is 6.34. The molecule has 8 heteroatoms. The first-order chi connectivity index (χ1) is 17.4. The van der Waals surface area contributed by atoms with E-state index in [2.05, 4.69) is 28.8 Å². The second kappa shape index (κ2) is 9.65. The van der Waals surface area contributed by atoms with Crippen LogP contribution in [0.15, 0.2) is 73.3 Å². The van der Waals surface area contributed by atoms with Gasteiger partial charge in [-0.25, -0.2) is 14.4 Å². The van der Waals surface area contributed by atoms with Crippen molar-refractivity contribution in [2.45, 2.75) is 33.3 Å². The summed E-state index contributed by atoms with van der Waals surface area (Å²) >= 11 is 0. The first kappa shape index (κ1) is 23.3. The van der Waals surface area contributed by atoms with Gasteiger partial charge in [-0.3, -0.25) is 4.98 Å². The number of fused-ring (bicyclic) bond motifs is 1. The summed E-state index contributed by atoms with van der Waals surface area (Å²) in [5, 5.41) is 0. The fourth-order valence-electron chi connectivity index (χ4n) is 3.97. The van der Waals surface area contributed by atoms with Gasteiger partial charge in [0.2, 0.25) is 0 Å². The Morgan fingerprint density at radius 1 is 0.944 bits per heavy atom. The molecular weight excluding hydrogens is 457 g/mol. The lowest BCUT2D eigenvalue weighted by Gasteiger charge is -2.11. The summed E-state index contributed by atoms with van der Waals surface area (Å²) in [6, 6.07) is 15.6. The molecule has 0 spiro atoms. The highest BCUT2D eigenvalue weighted by atomic mass is 19.1. The van der Waals surface area contributed by atoms with Crippen molar-refractivity contribution in [2.24, 2.45) is 0 Å². The summed E-state index contributed by atoms with van der Waals surface area (Å²) in [5.74, 6) is 1.52. The lowest BCUT2D eigenvalue weighted by atomic mass is 10.1. The van der Waals surface area contributed by atoms with E-state index in [4.69, 9.17) is 15.2 Å². The third-order valence-corrected chi connectivity index (χ3v) is 5.83. The number of pyridine rings is 1. The number of anilines is 1. The lowest BCUT2D eigenvalue weighted by Crippen LogP contribution is -1.99. The van der Waals surface area contributed by atoms with Crippen LogP contribution in [-0.4, -0.2) is 19.5 Å². The van der Waals surface area contributed by atoms with Gasteiger partial charge in [-0.2, -0.15) is 0 Å². The molecule has 0 aliphatic carbocycles. The predicted molar refractivity (Wildman–Crippen MR) is 137 cm³/mol. The Morgan fingerprint density at radius 3 is 2.44 bits per heavy atom. The number of aryl methyl sites for hydroxylation is 1. The largest absolute Gasteiger partial charge is 0.489 e. The fourth-order valence-corrected chi connectivity index (χ4v) is 3.97. The molecule has 3 aromatic heterocycles. The molecule has 5 rings (SSSR count). The number of benzene rings is 2. The average Bonchev–Trinajstić information content (AvgIpc) is 3.25. The highest BCUT2D eigenvalue weighted by Gasteiger charge is 2.16. The molecule has 36 heavy (non-hydrogen) atoms. The highest BCUT2D eigenvalue weighted by molar-refractivity contribution is 5.89. The monoisotopic (exact) mass is 483 g/mol. The van der Waals surface area contributed by atoms with Crippen molar-refractivity contribution in [3.05, 3.63) is 96.0 Å². The molecule has 5 aromatic rings. The topological polar surface area (TPSA) is 88.1 Å². The van der Waals surface area contributed by atoms with Crippen LogP contribution in [0.4, 0.5) is 10.2 Å². The van der Waals surface area contributed by atoms with Gasteiger partial charge in [-0.15, -0.1) is 0 Å². The van der Waals surface area contributed by atoms with Gasteiger partial charge in [0.25, 0.3) is 0 Å².